The van der Waals surface area contributed by atoms with E-state index in [0.717, 1.165) is 37.6 Å². The molecule has 0 unspecified atom stereocenters. The molecule has 1 aromatic carbocycles. The summed E-state index contributed by atoms with van der Waals surface area (Å²) in [7, 11) is 2.12. The first-order valence-electron chi connectivity index (χ1n) is 12.8. The Balaban J connectivity index is 1.37. The lowest BCUT2D eigenvalue weighted by molar-refractivity contribution is 0.313. The van der Waals surface area contributed by atoms with Crippen LogP contribution in [0.25, 0.3) is 28.2 Å². The Labute approximate surface area is 235 Å². The van der Waals surface area contributed by atoms with Crippen LogP contribution < -0.4 is 15.8 Å². The fourth-order valence-electron chi connectivity index (χ4n) is 4.74. The van der Waals surface area contributed by atoms with Gasteiger partial charge in [0.15, 0.2) is 11.5 Å². The molecule has 1 aliphatic heterocycles. The number of allylic oxidation sites excluding steroid dienone is 1. The molecule has 0 aliphatic carbocycles. The van der Waals surface area contributed by atoms with Gasteiger partial charge in [-0.25, -0.2) is 19.3 Å². The number of halogens is 1. The van der Waals surface area contributed by atoms with Crippen molar-refractivity contribution in [2.24, 2.45) is 0 Å². The molecular formula is C28H27ClN10O. The van der Waals surface area contributed by atoms with Gasteiger partial charge in [0.1, 0.15) is 11.1 Å². The summed E-state index contributed by atoms with van der Waals surface area (Å²) in [6, 6.07) is 11.3. The zero-order valence-electron chi connectivity index (χ0n) is 21.9. The van der Waals surface area contributed by atoms with E-state index in [2.05, 4.69) is 43.7 Å². The molecule has 0 amide bonds. The predicted molar refractivity (Wildman–Crippen MR) is 157 cm³/mol. The molecule has 0 spiro atoms. The normalized spacial score (nSPS) is 14.0. The number of rotatable bonds is 7. The van der Waals surface area contributed by atoms with Gasteiger partial charge >= 0.3 is 0 Å². The summed E-state index contributed by atoms with van der Waals surface area (Å²) < 4.78 is 3.20. The molecule has 0 radical (unpaired) electrons. The smallest absolute Gasteiger partial charge is 0.278 e. The summed E-state index contributed by atoms with van der Waals surface area (Å²) in [5.74, 6) is 0.826. The van der Waals surface area contributed by atoms with Gasteiger partial charge in [-0.2, -0.15) is 4.98 Å². The molecule has 5 heterocycles. The Morgan fingerprint density at radius 3 is 2.62 bits per heavy atom. The van der Waals surface area contributed by atoms with Gasteiger partial charge in [-0.3, -0.25) is 14.8 Å². The number of hydrogen-bond donors (Lipinski definition) is 1. The molecule has 0 bridgehead atoms. The molecule has 6 rings (SSSR count). The van der Waals surface area contributed by atoms with E-state index in [1.807, 2.05) is 36.4 Å². The number of piperazine rings is 1. The third-order valence-electron chi connectivity index (χ3n) is 6.80. The summed E-state index contributed by atoms with van der Waals surface area (Å²) in [6.07, 6.45) is 8.03. The van der Waals surface area contributed by atoms with Crippen molar-refractivity contribution in [2.45, 2.75) is 6.54 Å². The van der Waals surface area contributed by atoms with Crippen molar-refractivity contribution < 1.29 is 0 Å². The van der Waals surface area contributed by atoms with Crippen molar-refractivity contribution in [3.63, 3.8) is 0 Å². The van der Waals surface area contributed by atoms with Crippen molar-refractivity contribution in [3.8, 4) is 17.2 Å². The van der Waals surface area contributed by atoms with Crippen LogP contribution in [-0.4, -0.2) is 72.4 Å². The van der Waals surface area contributed by atoms with Crippen LogP contribution in [0.5, 0.6) is 0 Å². The third-order valence-corrected chi connectivity index (χ3v) is 7.11. The maximum atomic E-state index is 13.3. The Bertz CT molecular complexity index is 1740. The lowest BCUT2D eigenvalue weighted by Gasteiger charge is -2.34. The Hall–Kier alpha value is -4.61. The highest BCUT2D eigenvalue weighted by Crippen LogP contribution is 2.30. The van der Waals surface area contributed by atoms with Crippen molar-refractivity contribution in [1.82, 2.24) is 39.2 Å². The number of anilines is 3. The van der Waals surface area contributed by atoms with E-state index in [9.17, 15) is 4.79 Å². The van der Waals surface area contributed by atoms with Gasteiger partial charge in [-0.15, -0.1) is 6.58 Å². The highest BCUT2D eigenvalue weighted by atomic mass is 35.5. The molecule has 1 saturated heterocycles. The number of nitrogens with one attached hydrogen (secondary N) is 1. The number of nitrogens with zero attached hydrogens (tertiary/aromatic N) is 9. The van der Waals surface area contributed by atoms with E-state index in [0.29, 0.717) is 39.2 Å². The summed E-state index contributed by atoms with van der Waals surface area (Å²) in [5.41, 5.74) is 3.14. The van der Waals surface area contributed by atoms with Gasteiger partial charge in [0, 0.05) is 50.5 Å². The predicted octanol–water partition coefficient (Wildman–Crippen LogP) is 3.77. The summed E-state index contributed by atoms with van der Waals surface area (Å²) >= 11 is 6.68. The van der Waals surface area contributed by atoms with Gasteiger partial charge < -0.3 is 15.1 Å². The zero-order valence-corrected chi connectivity index (χ0v) is 22.7. The first kappa shape index (κ1) is 25.7. The second kappa shape index (κ2) is 10.9. The van der Waals surface area contributed by atoms with E-state index in [1.54, 1.807) is 29.3 Å². The molecule has 202 valence electrons. The molecule has 12 heteroatoms. The quantitative estimate of drug-likeness (QED) is 0.301. The molecule has 11 nitrogen and oxygen atoms in total. The maximum absolute atomic E-state index is 13.3. The summed E-state index contributed by atoms with van der Waals surface area (Å²) in [4.78, 5) is 40.3. The molecule has 1 aliphatic rings. The van der Waals surface area contributed by atoms with Crippen molar-refractivity contribution in [2.75, 3.05) is 43.4 Å². The molecular weight excluding hydrogens is 528 g/mol. The molecule has 1 fully saturated rings. The Morgan fingerprint density at radius 2 is 1.88 bits per heavy atom. The van der Waals surface area contributed by atoms with Gasteiger partial charge in [0.2, 0.25) is 5.95 Å². The number of fused-ring (bicyclic) bond motifs is 1. The third kappa shape index (κ3) is 4.92. The Morgan fingerprint density at radius 1 is 1.02 bits per heavy atom. The molecule has 0 saturated carbocycles. The molecule has 5 aromatic rings. The minimum Gasteiger partial charge on any atom is -0.368 e. The average molecular weight is 555 g/mol. The van der Waals surface area contributed by atoms with Crippen molar-refractivity contribution in [1.29, 1.82) is 0 Å². The molecule has 1 N–H and O–H groups in total. The number of likely N-dealkylation sites (N-methyl/N-ethyl adjacent to an activating group) is 1. The van der Waals surface area contributed by atoms with Crippen LogP contribution in [0, 0.1) is 0 Å². The monoisotopic (exact) mass is 554 g/mol. The lowest BCUT2D eigenvalue weighted by Crippen LogP contribution is -2.44. The van der Waals surface area contributed by atoms with Gasteiger partial charge in [-0.05, 0) is 37.4 Å². The molecule has 40 heavy (non-hydrogen) atoms. The average Bonchev–Trinajstić information content (AvgIpc) is 3.25. The lowest BCUT2D eigenvalue weighted by atomic mass is 10.2. The molecule has 0 atom stereocenters. The minimum absolute atomic E-state index is 0.243. The standard InChI is InChI=1S/C28H27ClN10O/c1-3-11-38-27(40)20-17-32-28(33-19-7-8-24(21(29)16-19)37-14-12-36(2)13-15-37)35-26(20)39(38)25-6-4-5-22(34-25)23-18-30-9-10-31-23/h3-10,16-18H,1,11-15H2,2H3,(H,32,33,35). The Kier molecular flexibility index (Phi) is 6.97. The van der Waals surface area contributed by atoms with Crippen LogP contribution >= 0.6 is 11.6 Å². The van der Waals surface area contributed by atoms with Crippen LogP contribution in [0.2, 0.25) is 5.02 Å². The summed E-state index contributed by atoms with van der Waals surface area (Å²) in [6.45, 7) is 7.91. The number of aromatic nitrogens is 7. The van der Waals surface area contributed by atoms with E-state index in [1.165, 1.54) is 10.9 Å². The maximum Gasteiger partial charge on any atom is 0.278 e. The number of hydrogen-bond acceptors (Lipinski definition) is 9. The van der Waals surface area contributed by atoms with E-state index >= 15 is 0 Å². The zero-order chi connectivity index (χ0) is 27.6. The van der Waals surface area contributed by atoms with Gasteiger partial charge in [-0.1, -0.05) is 23.7 Å². The fraction of sp³-hybridized carbons (Fsp3) is 0.214. The molecule has 4 aromatic heterocycles. The topological polar surface area (TPSA) is 110 Å². The van der Waals surface area contributed by atoms with Crippen LogP contribution in [0.1, 0.15) is 0 Å². The SMILES string of the molecule is C=CCn1c(=O)c2cnc(Nc3ccc(N4CCN(C)CC4)c(Cl)c3)nc2n1-c1cccc(-c2cnccn2)n1. The van der Waals surface area contributed by atoms with Crippen LogP contribution in [0.4, 0.5) is 17.3 Å². The van der Waals surface area contributed by atoms with E-state index < -0.39 is 0 Å². The number of pyridine rings is 1. The second-order valence-electron chi connectivity index (χ2n) is 9.47. The fourth-order valence-corrected chi connectivity index (χ4v) is 5.04. The highest BCUT2D eigenvalue weighted by molar-refractivity contribution is 6.33. The van der Waals surface area contributed by atoms with Crippen molar-refractivity contribution in [3.05, 3.63) is 89.2 Å². The summed E-state index contributed by atoms with van der Waals surface area (Å²) in [5, 5.41) is 4.25. The first-order valence-corrected chi connectivity index (χ1v) is 13.2. The van der Waals surface area contributed by atoms with Gasteiger partial charge in [0.25, 0.3) is 5.56 Å². The number of benzene rings is 1. The van der Waals surface area contributed by atoms with E-state index in [-0.39, 0.29) is 12.1 Å². The van der Waals surface area contributed by atoms with E-state index in [4.69, 9.17) is 21.6 Å². The van der Waals surface area contributed by atoms with Gasteiger partial charge in [0.05, 0.1) is 29.1 Å². The highest BCUT2D eigenvalue weighted by Gasteiger charge is 2.20. The van der Waals surface area contributed by atoms with Crippen molar-refractivity contribution >= 4 is 40.0 Å². The first-order chi connectivity index (χ1) is 19.5. The van der Waals surface area contributed by atoms with Crippen LogP contribution in [-0.2, 0) is 6.54 Å². The largest absolute Gasteiger partial charge is 0.368 e. The van der Waals surface area contributed by atoms with Crippen LogP contribution in [0.3, 0.4) is 0 Å². The minimum atomic E-state index is -0.243. The second-order valence-corrected chi connectivity index (χ2v) is 9.88. The van der Waals surface area contributed by atoms with Crippen LogP contribution in [0.15, 0.2) is 78.6 Å².